The Morgan fingerprint density at radius 1 is 1.24 bits per heavy atom. The maximum absolute atomic E-state index is 12.2. The Balaban J connectivity index is 1.92. The molecule has 4 nitrogen and oxygen atoms in total. The zero-order valence-electron chi connectivity index (χ0n) is 12.1. The van der Waals surface area contributed by atoms with Gasteiger partial charge in [0.2, 0.25) is 0 Å². The molecular weight excluding hydrogens is 286 g/mol. The summed E-state index contributed by atoms with van der Waals surface area (Å²) in [5.41, 5.74) is 2.06. The Hall–Kier alpha value is -2.07. The third kappa shape index (κ3) is 4.46. The van der Waals surface area contributed by atoms with Gasteiger partial charge < -0.3 is 10.2 Å². The van der Waals surface area contributed by atoms with Crippen LogP contribution in [0.1, 0.15) is 24.1 Å². The second-order valence-electron chi connectivity index (χ2n) is 4.93. The number of benzene rings is 1. The Morgan fingerprint density at radius 3 is 2.48 bits per heavy atom. The first kappa shape index (κ1) is 15.3. The van der Waals surface area contributed by atoms with Gasteiger partial charge in [0, 0.05) is 31.0 Å². The standard InChI is InChI=1S/C16H18ClN3O/c1-12(14-7-9-18-10-8-14)19-16(21)20(2)11-13-3-5-15(17)6-4-13/h3-10,12H,11H2,1-2H3,(H,19,21). The number of rotatable bonds is 4. The highest BCUT2D eigenvalue weighted by molar-refractivity contribution is 6.30. The third-order valence-corrected chi connectivity index (χ3v) is 3.48. The quantitative estimate of drug-likeness (QED) is 0.937. The van der Waals surface area contributed by atoms with Crippen LogP contribution in [0.5, 0.6) is 0 Å². The molecule has 1 unspecified atom stereocenters. The molecule has 1 atom stereocenters. The van der Waals surface area contributed by atoms with Crippen LogP contribution in [0.3, 0.4) is 0 Å². The molecule has 0 fully saturated rings. The molecule has 2 rings (SSSR count). The van der Waals surface area contributed by atoms with Crippen molar-refractivity contribution in [3.63, 3.8) is 0 Å². The van der Waals surface area contributed by atoms with E-state index in [1.54, 1.807) is 24.3 Å². The van der Waals surface area contributed by atoms with E-state index in [2.05, 4.69) is 10.3 Å². The normalized spacial score (nSPS) is 11.8. The van der Waals surface area contributed by atoms with Gasteiger partial charge in [-0.25, -0.2) is 4.79 Å². The highest BCUT2D eigenvalue weighted by Crippen LogP contribution is 2.13. The lowest BCUT2D eigenvalue weighted by Gasteiger charge is -2.21. The van der Waals surface area contributed by atoms with Crippen LogP contribution in [0.2, 0.25) is 5.02 Å². The number of aromatic nitrogens is 1. The topological polar surface area (TPSA) is 45.2 Å². The third-order valence-electron chi connectivity index (χ3n) is 3.23. The molecule has 110 valence electrons. The van der Waals surface area contributed by atoms with Gasteiger partial charge in [-0.15, -0.1) is 0 Å². The number of amides is 2. The summed E-state index contributed by atoms with van der Waals surface area (Å²) in [7, 11) is 1.77. The lowest BCUT2D eigenvalue weighted by molar-refractivity contribution is 0.203. The molecule has 2 amide bonds. The van der Waals surface area contributed by atoms with Crippen molar-refractivity contribution >= 4 is 17.6 Å². The molecule has 1 aromatic heterocycles. The number of carbonyl (C=O) groups excluding carboxylic acids is 1. The van der Waals surface area contributed by atoms with Crippen molar-refractivity contribution in [3.05, 3.63) is 64.9 Å². The summed E-state index contributed by atoms with van der Waals surface area (Å²) >= 11 is 5.85. The fraction of sp³-hybridized carbons (Fsp3) is 0.250. The van der Waals surface area contributed by atoms with Crippen LogP contribution >= 0.6 is 11.6 Å². The van der Waals surface area contributed by atoms with Crippen molar-refractivity contribution in [2.75, 3.05) is 7.05 Å². The van der Waals surface area contributed by atoms with Crippen LogP contribution in [0.15, 0.2) is 48.8 Å². The molecular formula is C16H18ClN3O. The van der Waals surface area contributed by atoms with Gasteiger partial charge in [-0.3, -0.25) is 4.98 Å². The first-order valence-corrected chi connectivity index (χ1v) is 7.10. The van der Waals surface area contributed by atoms with E-state index in [-0.39, 0.29) is 12.1 Å². The molecule has 0 aliphatic heterocycles. The summed E-state index contributed by atoms with van der Waals surface area (Å²) in [4.78, 5) is 17.8. The summed E-state index contributed by atoms with van der Waals surface area (Å²) in [6.45, 7) is 2.48. The van der Waals surface area contributed by atoms with Crippen LogP contribution < -0.4 is 5.32 Å². The van der Waals surface area contributed by atoms with Gasteiger partial charge in [0.05, 0.1) is 6.04 Å². The van der Waals surface area contributed by atoms with Gasteiger partial charge in [-0.2, -0.15) is 0 Å². The van der Waals surface area contributed by atoms with E-state index in [0.717, 1.165) is 11.1 Å². The Bertz CT molecular complexity index is 586. The van der Waals surface area contributed by atoms with Gasteiger partial charge in [0.25, 0.3) is 0 Å². The Morgan fingerprint density at radius 2 is 1.86 bits per heavy atom. The van der Waals surface area contributed by atoms with E-state index in [1.807, 2.05) is 43.3 Å². The number of pyridine rings is 1. The molecule has 1 N–H and O–H groups in total. The van der Waals surface area contributed by atoms with E-state index < -0.39 is 0 Å². The largest absolute Gasteiger partial charge is 0.331 e. The Kier molecular flexibility index (Phi) is 5.17. The minimum atomic E-state index is -0.116. The molecule has 0 saturated heterocycles. The smallest absolute Gasteiger partial charge is 0.317 e. The molecule has 0 spiro atoms. The second kappa shape index (κ2) is 7.09. The van der Waals surface area contributed by atoms with Crippen molar-refractivity contribution in [1.82, 2.24) is 15.2 Å². The van der Waals surface area contributed by atoms with E-state index in [1.165, 1.54) is 0 Å². The number of carbonyl (C=O) groups is 1. The van der Waals surface area contributed by atoms with Gasteiger partial charge in [-0.1, -0.05) is 23.7 Å². The van der Waals surface area contributed by atoms with Gasteiger partial charge in [0.1, 0.15) is 0 Å². The fourth-order valence-electron chi connectivity index (χ4n) is 1.97. The monoisotopic (exact) mass is 303 g/mol. The van der Waals surface area contributed by atoms with E-state index in [9.17, 15) is 4.79 Å². The predicted molar refractivity (Wildman–Crippen MR) is 84.1 cm³/mol. The average molecular weight is 304 g/mol. The fourth-order valence-corrected chi connectivity index (χ4v) is 2.09. The number of urea groups is 1. The van der Waals surface area contributed by atoms with E-state index >= 15 is 0 Å². The summed E-state index contributed by atoms with van der Waals surface area (Å²) in [5.74, 6) is 0. The zero-order valence-corrected chi connectivity index (χ0v) is 12.8. The number of hydrogen-bond acceptors (Lipinski definition) is 2. The van der Waals surface area contributed by atoms with Crippen molar-refractivity contribution in [2.24, 2.45) is 0 Å². The first-order chi connectivity index (χ1) is 10.1. The first-order valence-electron chi connectivity index (χ1n) is 6.72. The number of halogens is 1. The molecule has 0 saturated carbocycles. The Labute approximate surface area is 129 Å². The number of nitrogens with one attached hydrogen (secondary N) is 1. The van der Waals surface area contributed by atoms with Crippen molar-refractivity contribution < 1.29 is 4.79 Å². The van der Waals surface area contributed by atoms with Crippen LogP contribution in [-0.2, 0) is 6.54 Å². The van der Waals surface area contributed by atoms with Gasteiger partial charge in [0.15, 0.2) is 0 Å². The highest BCUT2D eigenvalue weighted by atomic mass is 35.5. The van der Waals surface area contributed by atoms with Crippen molar-refractivity contribution in [3.8, 4) is 0 Å². The lowest BCUT2D eigenvalue weighted by atomic mass is 10.1. The number of nitrogens with zero attached hydrogens (tertiary/aromatic N) is 2. The summed E-state index contributed by atoms with van der Waals surface area (Å²) in [5, 5.41) is 3.65. The minimum absolute atomic E-state index is 0.0619. The SMILES string of the molecule is CC(NC(=O)N(C)Cc1ccc(Cl)cc1)c1ccncc1. The van der Waals surface area contributed by atoms with Crippen LogP contribution in [0.4, 0.5) is 4.79 Å². The molecule has 5 heteroatoms. The number of hydrogen-bond donors (Lipinski definition) is 1. The maximum Gasteiger partial charge on any atom is 0.317 e. The van der Waals surface area contributed by atoms with Gasteiger partial charge in [-0.05, 0) is 42.3 Å². The lowest BCUT2D eigenvalue weighted by Crippen LogP contribution is -2.38. The molecule has 2 aromatic rings. The molecule has 1 heterocycles. The average Bonchev–Trinajstić information content (AvgIpc) is 2.50. The van der Waals surface area contributed by atoms with Crippen LogP contribution in [0, 0.1) is 0 Å². The van der Waals surface area contributed by atoms with Crippen molar-refractivity contribution in [1.29, 1.82) is 0 Å². The summed E-state index contributed by atoms with van der Waals surface area (Å²) in [6.07, 6.45) is 3.44. The summed E-state index contributed by atoms with van der Waals surface area (Å²) < 4.78 is 0. The molecule has 0 aliphatic carbocycles. The second-order valence-corrected chi connectivity index (χ2v) is 5.37. The predicted octanol–water partition coefficient (Wildman–Crippen LogP) is 3.64. The molecule has 0 bridgehead atoms. The van der Waals surface area contributed by atoms with E-state index in [0.29, 0.717) is 11.6 Å². The van der Waals surface area contributed by atoms with Gasteiger partial charge >= 0.3 is 6.03 Å². The van der Waals surface area contributed by atoms with Crippen LogP contribution in [-0.4, -0.2) is 23.0 Å². The van der Waals surface area contributed by atoms with E-state index in [4.69, 9.17) is 11.6 Å². The molecule has 21 heavy (non-hydrogen) atoms. The zero-order chi connectivity index (χ0) is 15.2. The maximum atomic E-state index is 12.2. The molecule has 0 radical (unpaired) electrons. The van der Waals surface area contributed by atoms with Crippen molar-refractivity contribution in [2.45, 2.75) is 19.5 Å². The summed E-state index contributed by atoms with van der Waals surface area (Å²) in [6, 6.07) is 11.1. The van der Waals surface area contributed by atoms with Crippen LogP contribution in [0.25, 0.3) is 0 Å². The highest BCUT2D eigenvalue weighted by Gasteiger charge is 2.13. The molecule has 1 aromatic carbocycles. The molecule has 0 aliphatic rings. The minimum Gasteiger partial charge on any atom is -0.331 e.